The average molecular weight is 311 g/mol. The number of ether oxygens (including phenoxy) is 3. The van der Waals surface area contributed by atoms with Gasteiger partial charge in [0.2, 0.25) is 5.91 Å². The van der Waals surface area contributed by atoms with Crippen LogP contribution in [0.25, 0.3) is 0 Å². The number of rotatable bonds is 10. The fourth-order valence-corrected chi connectivity index (χ4v) is 1.74. The minimum absolute atomic E-state index is 0.184. The molecule has 0 aliphatic carbocycles. The number of carbonyl (C=O) groups is 2. The van der Waals surface area contributed by atoms with E-state index in [9.17, 15) is 14.7 Å². The van der Waals surface area contributed by atoms with Gasteiger partial charge >= 0.3 is 5.97 Å². The maximum atomic E-state index is 11.7. The van der Waals surface area contributed by atoms with Crippen LogP contribution in [0.15, 0.2) is 24.3 Å². The molecule has 1 atom stereocenters. The summed E-state index contributed by atoms with van der Waals surface area (Å²) in [7, 11) is 3.08. The number of hydrogen-bond acceptors (Lipinski definition) is 5. The lowest BCUT2D eigenvalue weighted by Crippen LogP contribution is -2.44. The summed E-state index contributed by atoms with van der Waals surface area (Å²) in [5, 5.41) is 11.6. The van der Waals surface area contributed by atoms with Crippen LogP contribution in [-0.2, 0) is 25.5 Å². The highest BCUT2D eigenvalue weighted by atomic mass is 16.5. The van der Waals surface area contributed by atoms with E-state index in [0.717, 1.165) is 5.56 Å². The predicted molar refractivity (Wildman–Crippen MR) is 79.0 cm³/mol. The van der Waals surface area contributed by atoms with E-state index in [1.807, 2.05) is 0 Å². The van der Waals surface area contributed by atoms with E-state index in [2.05, 4.69) is 5.32 Å². The van der Waals surface area contributed by atoms with Gasteiger partial charge in [-0.25, -0.2) is 4.79 Å². The quantitative estimate of drug-likeness (QED) is 0.610. The van der Waals surface area contributed by atoms with Gasteiger partial charge in [0.25, 0.3) is 0 Å². The van der Waals surface area contributed by atoms with Crippen LogP contribution >= 0.6 is 0 Å². The Hall–Kier alpha value is -2.12. The molecule has 0 unspecified atom stereocenters. The van der Waals surface area contributed by atoms with E-state index >= 15 is 0 Å². The lowest BCUT2D eigenvalue weighted by atomic mass is 10.1. The van der Waals surface area contributed by atoms with Gasteiger partial charge in [0.1, 0.15) is 18.4 Å². The van der Waals surface area contributed by atoms with Gasteiger partial charge < -0.3 is 24.6 Å². The smallest absolute Gasteiger partial charge is 0.326 e. The molecule has 0 bridgehead atoms. The van der Waals surface area contributed by atoms with Gasteiger partial charge in [-0.15, -0.1) is 0 Å². The predicted octanol–water partition coefficient (Wildman–Crippen LogP) is 0.470. The van der Waals surface area contributed by atoms with Gasteiger partial charge in [-0.1, -0.05) is 12.1 Å². The van der Waals surface area contributed by atoms with Crippen LogP contribution in [0, 0.1) is 0 Å². The average Bonchev–Trinajstić information content (AvgIpc) is 2.51. The van der Waals surface area contributed by atoms with Crippen molar-refractivity contribution in [3.05, 3.63) is 29.8 Å². The minimum Gasteiger partial charge on any atom is -0.497 e. The second-order valence-corrected chi connectivity index (χ2v) is 4.56. The van der Waals surface area contributed by atoms with Crippen molar-refractivity contribution in [3.63, 3.8) is 0 Å². The van der Waals surface area contributed by atoms with Crippen molar-refractivity contribution in [2.45, 2.75) is 12.5 Å². The van der Waals surface area contributed by atoms with Crippen LogP contribution in [0.4, 0.5) is 0 Å². The minimum atomic E-state index is -1.10. The highest BCUT2D eigenvalue weighted by Crippen LogP contribution is 2.12. The normalized spacial score (nSPS) is 11.7. The van der Waals surface area contributed by atoms with Crippen LogP contribution in [-0.4, -0.2) is 57.1 Å². The topological polar surface area (TPSA) is 94.1 Å². The van der Waals surface area contributed by atoms with Crippen LogP contribution in [0.3, 0.4) is 0 Å². The van der Waals surface area contributed by atoms with Crippen LogP contribution < -0.4 is 10.1 Å². The first-order valence-electron chi connectivity index (χ1n) is 6.78. The number of nitrogens with one attached hydrogen (secondary N) is 1. The molecule has 1 aromatic carbocycles. The highest BCUT2D eigenvalue weighted by molar-refractivity contribution is 5.84. The molecule has 0 radical (unpaired) electrons. The van der Waals surface area contributed by atoms with E-state index in [-0.39, 0.29) is 19.6 Å². The molecule has 0 aliphatic rings. The Balaban J connectivity index is 2.50. The number of amides is 1. The SMILES string of the molecule is COCCOCC(=O)N[C@@H](Cc1ccc(OC)cc1)C(=O)O. The molecule has 2 N–H and O–H groups in total. The summed E-state index contributed by atoms with van der Waals surface area (Å²) in [6.07, 6.45) is 0.184. The van der Waals surface area contributed by atoms with Crippen molar-refractivity contribution >= 4 is 11.9 Å². The third-order valence-corrected chi connectivity index (χ3v) is 2.90. The Morgan fingerprint density at radius 2 is 1.86 bits per heavy atom. The Bertz CT molecular complexity index is 473. The molecule has 0 aromatic heterocycles. The summed E-state index contributed by atoms with van der Waals surface area (Å²) in [5.41, 5.74) is 0.786. The fraction of sp³-hybridized carbons (Fsp3) is 0.467. The zero-order chi connectivity index (χ0) is 16.4. The molecular weight excluding hydrogens is 290 g/mol. The van der Waals surface area contributed by atoms with E-state index in [1.54, 1.807) is 31.4 Å². The van der Waals surface area contributed by atoms with Gasteiger partial charge in [0.15, 0.2) is 0 Å². The van der Waals surface area contributed by atoms with Crippen molar-refractivity contribution in [2.75, 3.05) is 34.0 Å². The van der Waals surface area contributed by atoms with Gasteiger partial charge in [0, 0.05) is 13.5 Å². The van der Waals surface area contributed by atoms with Crippen molar-refractivity contribution < 1.29 is 28.9 Å². The zero-order valence-electron chi connectivity index (χ0n) is 12.7. The number of aliphatic carboxylic acids is 1. The summed E-state index contributed by atoms with van der Waals surface area (Å²) >= 11 is 0. The summed E-state index contributed by atoms with van der Waals surface area (Å²) < 4.78 is 14.9. The molecule has 1 amide bonds. The first-order chi connectivity index (χ1) is 10.6. The Morgan fingerprint density at radius 3 is 2.41 bits per heavy atom. The molecule has 1 aromatic rings. The summed E-state index contributed by atoms with van der Waals surface area (Å²) in [5.74, 6) is -0.885. The number of methoxy groups -OCH3 is 2. The van der Waals surface area contributed by atoms with Crippen molar-refractivity contribution in [3.8, 4) is 5.75 Å². The van der Waals surface area contributed by atoms with E-state index in [4.69, 9.17) is 14.2 Å². The van der Waals surface area contributed by atoms with E-state index in [1.165, 1.54) is 7.11 Å². The molecule has 0 aliphatic heterocycles. The number of carboxylic acid groups (broad SMARTS) is 1. The van der Waals surface area contributed by atoms with Gasteiger partial charge in [-0.3, -0.25) is 4.79 Å². The summed E-state index contributed by atoms with van der Waals surface area (Å²) in [6, 6.07) is 5.99. The maximum absolute atomic E-state index is 11.7. The number of benzene rings is 1. The zero-order valence-corrected chi connectivity index (χ0v) is 12.7. The molecule has 0 saturated heterocycles. The number of hydrogen-bond donors (Lipinski definition) is 2. The molecule has 22 heavy (non-hydrogen) atoms. The molecule has 0 spiro atoms. The van der Waals surface area contributed by atoms with Gasteiger partial charge in [0.05, 0.1) is 20.3 Å². The molecule has 7 nitrogen and oxygen atoms in total. The largest absolute Gasteiger partial charge is 0.497 e. The van der Waals surface area contributed by atoms with Crippen LogP contribution in [0.1, 0.15) is 5.56 Å². The standard InChI is InChI=1S/C15H21NO6/c1-20-7-8-22-10-14(17)16-13(15(18)19)9-11-3-5-12(21-2)6-4-11/h3-6,13H,7-10H2,1-2H3,(H,16,17)(H,18,19)/t13-/m0/s1. The first-order valence-corrected chi connectivity index (χ1v) is 6.78. The molecular formula is C15H21NO6. The van der Waals surface area contributed by atoms with Crippen molar-refractivity contribution in [1.82, 2.24) is 5.32 Å². The number of carboxylic acids is 1. The lowest BCUT2D eigenvalue weighted by molar-refractivity contribution is -0.142. The second-order valence-electron chi connectivity index (χ2n) is 4.56. The van der Waals surface area contributed by atoms with Gasteiger partial charge in [-0.05, 0) is 17.7 Å². The summed E-state index contributed by atoms with van der Waals surface area (Å²) in [4.78, 5) is 22.9. The number of carbonyl (C=O) groups excluding carboxylic acids is 1. The molecule has 0 fully saturated rings. The molecule has 0 heterocycles. The van der Waals surface area contributed by atoms with Crippen LogP contribution in [0.2, 0.25) is 0 Å². The maximum Gasteiger partial charge on any atom is 0.326 e. The summed E-state index contributed by atoms with van der Waals surface area (Å²) in [6.45, 7) is 0.456. The first kappa shape index (κ1) is 17.9. The third kappa shape index (κ3) is 6.55. The molecule has 1 rings (SSSR count). The molecule has 122 valence electrons. The van der Waals surface area contributed by atoms with E-state index < -0.39 is 17.9 Å². The van der Waals surface area contributed by atoms with Crippen molar-refractivity contribution in [2.24, 2.45) is 0 Å². The van der Waals surface area contributed by atoms with E-state index in [0.29, 0.717) is 12.4 Å². The third-order valence-electron chi connectivity index (χ3n) is 2.90. The monoisotopic (exact) mass is 311 g/mol. The van der Waals surface area contributed by atoms with Crippen molar-refractivity contribution in [1.29, 1.82) is 0 Å². The Labute approximate surface area is 129 Å². The Morgan fingerprint density at radius 1 is 1.18 bits per heavy atom. The molecule has 7 heteroatoms. The van der Waals surface area contributed by atoms with Gasteiger partial charge in [-0.2, -0.15) is 0 Å². The second kappa shape index (κ2) is 9.75. The lowest BCUT2D eigenvalue weighted by Gasteiger charge is -2.15. The highest BCUT2D eigenvalue weighted by Gasteiger charge is 2.20. The Kier molecular flexibility index (Phi) is 7.95. The molecule has 0 saturated carbocycles. The fourth-order valence-electron chi connectivity index (χ4n) is 1.74. The van der Waals surface area contributed by atoms with Crippen LogP contribution in [0.5, 0.6) is 5.75 Å².